The monoisotopic (exact) mass is 392 g/mol. The standard InChI is InChI=1S/C22H20N2O5/c1-2-29-22(26)17-13-20(21(25)15-7-5-8-16(12-15)24(27)28)23-18-9-4-3-6-14(18)10-11-19(17)23/h3-12,17,19-20H,2,13H2,1H3/t17-,19-,20-/m1/s1. The summed E-state index contributed by atoms with van der Waals surface area (Å²) in [7, 11) is 0. The van der Waals surface area contributed by atoms with Gasteiger partial charge in [-0.15, -0.1) is 0 Å². The number of hydrogen-bond acceptors (Lipinski definition) is 6. The van der Waals surface area contributed by atoms with E-state index in [4.69, 9.17) is 4.74 Å². The first-order valence-electron chi connectivity index (χ1n) is 9.52. The van der Waals surface area contributed by atoms with E-state index < -0.39 is 16.9 Å². The number of carbonyl (C=O) groups excluding carboxylic acids is 2. The molecule has 29 heavy (non-hydrogen) atoms. The Labute approximate surface area is 167 Å². The molecule has 7 heteroatoms. The largest absolute Gasteiger partial charge is 0.466 e. The van der Waals surface area contributed by atoms with Gasteiger partial charge in [-0.05, 0) is 25.0 Å². The Morgan fingerprint density at radius 2 is 2.00 bits per heavy atom. The number of carbonyl (C=O) groups is 2. The number of nitrogens with zero attached hydrogens (tertiary/aromatic N) is 2. The molecule has 148 valence electrons. The van der Waals surface area contributed by atoms with Gasteiger partial charge in [-0.25, -0.2) is 0 Å². The smallest absolute Gasteiger partial charge is 0.311 e. The van der Waals surface area contributed by atoms with Crippen LogP contribution in [-0.4, -0.2) is 35.4 Å². The van der Waals surface area contributed by atoms with Gasteiger partial charge in [0.25, 0.3) is 5.69 Å². The Morgan fingerprint density at radius 3 is 2.76 bits per heavy atom. The lowest BCUT2D eigenvalue weighted by Crippen LogP contribution is -2.43. The number of ketones is 1. The quantitative estimate of drug-likeness (QED) is 0.334. The van der Waals surface area contributed by atoms with E-state index >= 15 is 0 Å². The molecule has 0 aliphatic carbocycles. The number of fused-ring (bicyclic) bond motifs is 3. The minimum atomic E-state index is -0.609. The number of esters is 1. The molecule has 2 heterocycles. The van der Waals surface area contributed by atoms with Gasteiger partial charge in [0.15, 0.2) is 5.78 Å². The van der Waals surface area contributed by atoms with Gasteiger partial charge in [-0.2, -0.15) is 0 Å². The molecule has 0 spiro atoms. The van der Waals surface area contributed by atoms with Crippen molar-refractivity contribution >= 4 is 29.2 Å². The molecule has 2 aromatic rings. The maximum atomic E-state index is 13.4. The fourth-order valence-corrected chi connectivity index (χ4v) is 4.20. The van der Waals surface area contributed by atoms with E-state index in [9.17, 15) is 19.7 Å². The number of Topliss-reactive ketones (excluding diaryl/α,β-unsaturated/α-hetero) is 1. The maximum absolute atomic E-state index is 13.4. The molecule has 0 radical (unpaired) electrons. The summed E-state index contributed by atoms with van der Waals surface area (Å²) in [5.41, 5.74) is 1.96. The number of hydrogen-bond donors (Lipinski definition) is 0. The molecule has 2 aliphatic heterocycles. The van der Waals surface area contributed by atoms with Crippen LogP contribution in [0.5, 0.6) is 0 Å². The summed E-state index contributed by atoms with van der Waals surface area (Å²) in [5.74, 6) is -1.05. The van der Waals surface area contributed by atoms with Gasteiger partial charge in [0.2, 0.25) is 0 Å². The highest BCUT2D eigenvalue weighted by Gasteiger charge is 2.48. The first kappa shape index (κ1) is 18.9. The van der Waals surface area contributed by atoms with Crippen LogP contribution in [-0.2, 0) is 9.53 Å². The molecule has 0 aromatic heterocycles. The number of benzene rings is 2. The summed E-state index contributed by atoms with van der Waals surface area (Å²) in [4.78, 5) is 38.5. The third-order valence-corrected chi connectivity index (χ3v) is 5.47. The van der Waals surface area contributed by atoms with Crippen molar-refractivity contribution in [2.24, 2.45) is 5.92 Å². The summed E-state index contributed by atoms with van der Waals surface area (Å²) in [6, 6.07) is 12.5. The number of nitro groups is 1. The minimum Gasteiger partial charge on any atom is -0.466 e. The lowest BCUT2D eigenvalue weighted by molar-refractivity contribution is -0.384. The van der Waals surface area contributed by atoms with Crippen LogP contribution in [0, 0.1) is 16.0 Å². The van der Waals surface area contributed by atoms with Gasteiger partial charge < -0.3 is 9.64 Å². The molecule has 1 fully saturated rings. The summed E-state index contributed by atoms with van der Waals surface area (Å²) in [6.07, 6.45) is 4.19. The van der Waals surface area contributed by atoms with Crippen molar-refractivity contribution in [2.45, 2.75) is 25.4 Å². The summed E-state index contributed by atoms with van der Waals surface area (Å²) >= 11 is 0. The van der Waals surface area contributed by atoms with Crippen LogP contribution in [0.1, 0.15) is 29.3 Å². The topological polar surface area (TPSA) is 89.8 Å². The third-order valence-electron chi connectivity index (χ3n) is 5.47. The van der Waals surface area contributed by atoms with E-state index in [2.05, 4.69) is 0 Å². The SMILES string of the molecule is CCOC(=O)[C@@H]1C[C@H](C(=O)c2cccc([N+](=O)[O-])c2)N2c3ccccc3C=C[C@H]12. The number of para-hydroxylation sites is 1. The summed E-state index contributed by atoms with van der Waals surface area (Å²) in [5, 5.41) is 11.1. The molecule has 0 N–H and O–H groups in total. The Balaban J connectivity index is 1.75. The van der Waals surface area contributed by atoms with Crippen molar-refractivity contribution in [3.05, 3.63) is 75.8 Å². The van der Waals surface area contributed by atoms with Crippen LogP contribution in [0.3, 0.4) is 0 Å². The molecule has 0 unspecified atom stereocenters. The molecule has 1 saturated heterocycles. The molecule has 0 bridgehead atoms. The van der Waals surface area contributed by atoms with Crippen LogP contribution in [0.25, 0.3) is 6.08 Å². The van der Waals surface area contributed by atoms with Crippen LogP contribution in [0.2, 0.25) is 0 Å². The van der Waals surface area contributed by atoms with Crippen molar-refractivity contribution in [3.63, 3.8) is 0 Å². The zero-order valence-corrected chi connectivity index (χ0v) is 15.9. The van der Waals surface area contributed by atoms with Crippen LogP contribution in [0.4, 0.5) is 11.4 Å². The van der Waals surface area contributed by atoms with Gasteiger partial charge in [-0.1, -0.05) is 42.5 Å². The van der Waals surface area contributed by atoms with Crippen molar-refractivity contribution in [1.29, 1.82) is 0 Å². The average Bonchev–Trinajstić information content (AvgIpc) is 3.14. The third kappa shape index (κ3) is 3.29. The van der Waals surface area contributed by atoms with E-state index in [1.807, 2.05) is 41.3 Å². The molecular formula is C22H20N2O5. The van der Waals surface area contributed by atoms with E-state index in [1.165, 1.54) is 18.2 Å². The normalized spacial score (nSPS) is 22.0. The molecule has 4 rings (SSSR count). The zero-order chi connectivity index (χ0) is 20.5. The summed E-state index contributed by atoms with van der Waals surface area (Å²) < 4.78 is 5.25. The highest BCUT2D eigenvalue weighted by Crippen LogP contribution is 2.42. The second-order valence-corrected chi connectivity index (χ2v) is 7.10. The highest BCUT2D eigenvalue weighted by atomic mass is 16.6. The molecule has 0 amide bonds. The van der Waals surface area contributed by atoms with Crippen molar-refractivity contribution in [2.75, 3.05) is 11.5 Å². The first-order chi connectivity index (χ1) is 14.0. The lowest BCUT2D eigenvalue weighted by atomic mass is 9.95. The molecule has 0 saturated carbocycles. The molecule has 2 aromatic carbocycles. The lowest BCUT2D eigenvalue weighted by Gasteiger charge is -2.35. The minimum absolute atomic E-state index is 0.133. The van der Waals surface area contributed by atoms with Gasteiger partial charge in [0.05, 0.1) is 29.5 Å². The Bertz CT molecular complexity index is 1020. The predicted octanol–water partition coefficient (Wildman–Crippen LogP) is 3.63. The Hall–Kier alpha value is -3.48. The number of ether oxygens (including phenoxy) is 1. The fraction of sp³-hybridized carbons (Fsp3) is 0.273. The van der Waals surface area contributed by atoms with E-state index in [0.717, 1.165) is 11.3 Å². The first-order valence-corrected chi connectivity index (χ1v) is 9.52. The molecule has 7 nitrogen and oxygen atoms in total. The zero-order valence-electron chi connectivity index (χ0n) is 15.9. The van der Waals surface area contributed by atoms with E-state index in [1.54, 1.807) is 13.0 Å². The molecule has 2 aliphatic rings. The summed E-state index contributed by atoms with van der Waals surface area (Å²) in [6.45, 7) is 2.02. The highest BCUT2D eigenvalue weighted by molar-refractivity contribution is 6.04. The molecular weight excluding hydrogens is 372 g/mol. The van der Waals surface area contributed by atoms with Gasteiger partial charge in [0, 0.05) is 23.4 Å². The average molecular weight is 392 g/mol. The number of anilines is 1. The molecule has 3 atom stereocenters. The van der Waals surface area contributed by atoms with Gasteiger partial charge >= 0.3 is 5.97 Å². The van der Waals surface area contributed by atoms with Crippen LogP contribution >= 0.6 is 0 Å². The van der Waals surface area contributed by atoms with E-state index in [0.29, 0.717) is 6.42 Å². The van der Waals surface area contributed by atoms with E-state index in [-0.39, 0.29) is 35.7 Å². The van der Waals surface area contributed by atoms with Gasteiger partial charge in [-0.3, -0.25) is 19.7 Å². The van der Waals surface area contributed by atoms with Crippen molar-refractivity contribution in [1.82, 2.24) is 0 Å². The fourth-order valence-electron chi connectivity index (χ4n) is 4.20. The Morgan fingerprint density at radius 1 is 1.21 bits per heavy atom. The Kier molecular flexibility index (Phi) is 4.88. The van der Waals surface area contributed by atoms with Crippen molar-refractivity contribution < 1.29 is 19.2 Å². The van der Waals surface area contributed by atoms with Crippen molar-refractivity contribution in [3.8, 4) is 0 Å². The predicted molar refractivity (Wildman–Crippen MR) is 108 cm³/mol. The van der Waals surface area contributed by atoms with Crippen LogP contribution < -0.4 is 4.90 Å². The number of nitro benzene ring substituents is 1. The number of rotatable bonds is 5. The second-order valence-electron chi connectivity index (χ2n) is 7.10. The van der Waals surface area contributed by atoms with Crippen LogP contribution in [0.15, 0.2) is 54.6 Å². The maximum Gasteiger partial charge on any atom is 0.311 e. The van der Waals surface area contributed by atoms with Gasteiger partial charge in [0.1, 0.15) is 0 Å². The second kappa shape index (κ2) is 7.50. The number of non-ortho nitro benzene ring substituents is 1.